The van der Waals surface area contributed by atoms with Crippen LogP contribution in [-0.4, -0.2) is 36.3 Å². The van der Waals surface area contributed by atoms with E-state index in [4.69, 9.17) is 0 Å². The summed E-state index contributed by atoms with van der Waals surface area (Å²) in [5, 5.41) is 2.70. The Labute approximate surface area is 113 Å². The van der Waals surface area contributed by atoms with Gasteiger partial charge in [0.05, 0.1) is 13.0 Å². The molecule has 2 rings (SSSR count). The fraction of sp³-hybridized carbons (Fsp3) is 0.467. The van der Waals surface area contributed by atoms with Gasteiger partial charge in [0.2, 0.25) is 11.8 Å². The highest BCUT2D eigenvalue weighted by atomic mass is 16.2. The molecule has 1 aromatic rings. The SMILES string of the molecule is Cc1ccccc1CC(=O)NCC(=O)N1CCCC1. The Morgan fingerprint density at radius 2 is 1.89 bits per heavy atom. The average Bonchev–Trinajstić information content (AvgIpc) is 2.93. The van der Waals surface area contributed by atoms with Crippen LogP contribution < -0.4 is 5.32 Å². The molecule has 19 heavy (non-hydrogen) atoms. The zero-order valence-electron chi connectivity index (χ0n) is 11.3. The van der Waals surface area contributed by atoms with Gasteiger partial charge in [-0.3, -0.25) is 9.59 Å². The van der Waals surface area contributed by atoms with Crippen molar-refractivity contribution < 1.29 is 9.59 Å². The molecule has 1 N–H and O–H groups in total. The molecule has 1 fully saturated rings. The zero-order valence-corrected chi connectivity index (χ0v) is 11.3. The van der Waals surface area contributed by atoms with Gasteiger partial charge in [0, 0.05) is 13.1 Å². The number of hydrogen-bond donors (Lipinski definition) is 1. The van der Waals surface area contributed by atoms with E-state index in [0.717, 1.165) is 37.1 Å². The molecule has 0 aromatic heterocycles. The first-order valence-corrected chi connectivity index (χ1v) is 6.76. The van der Waals surface area contributed by atoms with Gasteiger partial charge in [-0.15, -0.1) is 0 Å². The summed E-state index contributed by atoms with van der Waals surface area (Å²) in [5.41, 5.74) is 2.11. The number of nitrogens with one attached hydrogen (secondary N) is 1. The molecule has 0 saturated carbocycles. The van der Waals surface area contributed by atoms with Gasteiger partial charge in [-0.25, -0.2) is 0 Å². The number of likely N-dealkylation sites (tertiary alicyclic amines) is 1. The lowest BCUT2D eigenvalue weighted by atomic mass is 10.1. The van der Waals surface area contributed by atoms with E-state index in [-0.39, 0.29) is 18.4 Å². The molecule has 4 nitrogen and oxygen atoms in total. The predicted octanol–water partition coefficient (Wildman–Crippen LogP) is 1.28. The zero-order chi connectivity index (χ0) is 13.7. The van der Waals surface area contributed by atoms with Crippen LogP contribution in [0.4, 0.5) is 0 Å². The lowest BCUT2D eigenvalue weighted by Gasteiger charge is -2.15. The first kappa shape index (κ1) is 13.6. The Morgan fingerprint density at radius 1 is 1.21 bits per heavy atom. The van der Waals surface area contributed by atoms with Crippen molar-refractivity contribution in [3.05, 3.63) is 35.4 Å². The minimum absolute atomic E-state index is 0.0237. The largest absolute Gasteiger partial charge is 0.347 e. The van der Waals surface area contributed by atoms with Crippen molar-refractivity contribution >= 4 is 11.8 Å². The van der Waals surface area contributed by atoms with Gasteiger partial charge < -0.3 is 10.2 Å². The van der Waals surface area contributed by atoms with E-state index in [2.05, 4.69) is 5.32 Å². The van der Waals surface area contributed by atoms with Crippen LogP contribution in [0.2, 0.25) is 0 Å². The second-order valence-electron chi connectivity index (χ2n) is 4.97. The third kappa shape index (κ3) is 3.81. The molecule has 0 bridgehead atoms. The van der Waals surface area contributed by atoms with Gasteiger partial charge in [-0.05, 0) is 30.9 Å². The number of nitrogens with zero attached hydrogens (tertiary/aromatic N) is 1. The molecular formula is C15H20N2O2. The van der Waals surface area contributed by atoms with Crippen LogP contribution in [0.25, 0.3) is 0 Å². The lowest BCUT2D eigenvalue weighted by Crippen LogP contribution is -2.39. The number of carbonyl (C=O) groups excluding carboxylic acids is 2. The smallest absolute Gasteiger partial charge is 0.241 e. The third-order valence-corrected chi connectivity index (χ3v) is 3.51. The number of benzene rings is 1. The first-order valence-electron chi connectivity index (χ1n) is 6.76. The Hall–Kier alpha value is -1.84. The molecule has 102 valence electrons. The van der Waals surface area contributed by atoms with E-state index >= 15 is 0 Å². The van der Waals surface area contributed by atoms with Crippen molar-refractivity contribution in [2.24, 2.45) is 0 Å². The maximum atomic E-state index is 11.8. The summed E-state index contributed by atoms with van der Waals surface area (Å²) in [4.78, 5) is 25.4. The molecule has 4 heteroatoms. The average molecular weight is 260 g/mol. The van der Waals surface area contributed by atoms with E-state index in [9.17, 15) is 9.59 Å². The lowest BCUT2D eigenvalue weighted by molar-refractivity contribution is -0.131. The molecule has 1 heterocycles. The maximum Gasteiger partial charge on any atom is 0.241 e. The highest BCUT2D eigenvalue weighted by molar-refractivity contribution is 5.86. The molecule has 0 spiro atoms. The Kier molecular flexibility index (Phi) is 4.55. The van der Waals surface area contributed by atoms with Gasteiger partial charge in [0.1, 0.15) is 0 Å². The van der Waals surface area contributed by atoms with Crippen molar-refractivity contribution in [3.63, 3.8) is 0 Å². The second-order valence-corrected chi connectivity index (χ2v) is 4.97. The van der Waals surface area contributed by atoms with E-state index in [1.165, 1.54) is 0 Å². The number of rotatable bonds is 4. The molecular weight excluding hydrogens is 240 g/mol. The highest BCUT2D eigenvalue weighted by Crippen LogP contribution is 2.08. The number of aryl methyl sites for hydroxylation is 1. The summed E-state index contributed by atoms with van der Waals surface area (Å²) in [5.74, 6) is -0.0718. The van der Waals surface area contributed by atoms with Crippen LogP contribution in [0.5, 0.6) is 0 Å². The van der Waals surface area contributed by atoms with Crippen molar-refractivity contribution in [3.8, 4) is 0 Å². The molecule has 1 aromatic carbocycles. The summed E-state index contributed by atoms with van der Waals surface area (Å²) in [7, 11) is 0. The molecule has 0 radical (unpaired) electrons. The van der Waals surface area contributed by atoms with E-state index in [1.54, 1.807) is 0 Å². The van der Waals surface area contributed by atoms with Crippen LogP contribution >= 0.6 is 0 Å². The quantitative estimate of drug-likeness (QED) is 0.886. The fourth-order valence-electron chi connectivity index (χ4n) is 2.30. The molecule has 1 aliphatic rings. The highest BCUT2D eigenvalue weighted by Gasteiger charge is 2.18. The standard InChI is InChI=1S/C15H20N2O2/c1-12-6-2-3-7-13(12)10-14(18)16-11-15(19)17-8-4-5-9-17/h2-3,6-7H,4-5,8-11H2,1H3,(H,16,18). The molecule has 0 atom stereocenters. The summed E-state index contributed by atoms with van der Waals surface area (Å²) < 4.78 is 0. The minimum Gasteiger partial charge on any atom is -0.347 e. The Bertz CT molecular complexity index is 465. The molecule has 1 saturated heterocycles. The van der Waals surface area contributed by atoms with E-state index in [0.29, 0.717) is 6.42 Å². The fourth-order valence-corrected chi connectivity index (χ4v) is 2.30. The number of carbonyl (C=O) groups is 2. The van der Waals surface area contributed by atoms with Crippen molar-refractivity contribution in [2.45, 2.75) is 26.2 Å². The third-order valence-electron chi connectivity index (χ3n) is 3.51. The normalized spacial score (nSPS) is 14.5. The summed E-state index contributed by atoms with van der Waals surface area (Å²) in [6, 6.07) is 7.80. The molecule has 0 unspecified atom stereocenters. The summed E-state index contributed by atoms with van der Waals surface area (Å²) >= 11 is 0. The van der Waals surface area contributed by atoms with Crippen molar-refractivity contribution in [1.29, 1.82) is 0 Å². The molecule has 2 amide bonds. The van der Waals surface area contributed by atoms with Gasteiger partial charge in [-0.1, -0.05) is 24.3 Å². The first-order chi connectivity index (χ1) is 9.16. The Morgan fingerprint density at radius 3 is 2.58 bits per heavy atom. The molecule has 0 aliphatic carbocycles. The van der Waals surface area contributed by atoms with Crippen LogP contribution in [-0.2, 0) is 16.0 Å². The topological polar surface area (TPSA) is 49.4 Å². The maximum absolute atomic E-state index is 11.8. The second kappa shape index (κ2) is 6.36. The minimum atomic E-state index is -0.0955. The van der Waals surface area contributed by atoms with Crippen molar-refractivity contribution in [2.75, 3.05) is 19.6 Å². The van der Waals surface area contributed by atoms with Crippen LogP contribution in [0.3, 0.4) is 0 Å². The summed E-state index contributed by atoms with van der Waals surface area (Å²) in [6.45, 7) is 3.75. The van der Waals surface area contributed by atoms with Crippen LogP contribution in [0, 0.1) is 6.92 Å². The van der Waals surface area contributed by atoms with E-state index < -0.39 is 0 Å². The number of hydrogen-bond acceptors (Lipinski definition) is 2. The summed E-state index contributed by atoms with van der Waals surface area (Å²) in [6.07, 6.45) is 2.48. The van der Waals surface area contributed by atoms with Gasteiger partial charge in [0.25, 0.3) is 0 Å². The van der Waals surface area contributed by atoms with Crippen LogP contribution in [0.1, 0.15) is 24.0 Å². The predicted molar refractivity (Wildman–Crippen MR) is 73.7 cm³/mol. The molecule has 1 aliphatic heterocycles. The van der Waals surface area contributed by atoms with E-state index in [1.807, 2.05) is 36.1 Å². The van der Waals surface area contributed by atoms with Gasteiger partial charge in [0.15, 0.2) is 0 Å². The number of amides is 2. The van der Waals surface area contributed by atoms with Gasteiger partial charge >= 0.3 is 0 Å². The van der Waals surface area contributed by atoms with Gasteiger partial charge in [-0.2, -0.15) is 0 Å². The monoisotopic (exact) mass is 260 g/mol. The van der Waals surface area contributed by atoms with Crippen LogP contribution in [0.15, 0.2) is 24.3 Å². The Balaban J connectivity index is 1.78. The van der Waals surface area contributed by atoms with Crippen molar-refractivity contribution in [1.82, 2.24) is 10.2 Å².